The highest BCUT2D eigenvalue weighted by molar-refractivity contribution is 5.74. The van der Waals surface area contributed by atoms with E-state index in [-0.39, 0.29) is 24.7 Å². The van der Waals surface area contributed by atoms with Crippen molar-refractivity contribution < 1.29 is 9.90 Å². The van der Waals surface area contributed by atoms with Gasteiger partial charge in [0.15, 0.2) is 0 Å². The van der Waals surface area contributed by atoms with Crippen molar-refractivity contribution in [2.24, 2.45) is 0 Å². The lowest BCUT2D eigenvalue weighted by Gasteiger charge is -2.24. The summed E-state index contributed by atoms with van der Waals surface area (Å²) in [4.78, 5) is 14.3. The molecule has 0 aromatic carbocycles. The van der Waals surface area contributed by atoms with Crippen molar-refractivity contribution in [2.45, 2.75) is 63.6 Å². The molecule has 2 aliphatic rings. The Labute approximate surface area is 115 Å². The fourth-order valence-electron chi connectivity index (χ4n) is 3.20. The van der Waals surface area contributed by atoms with Crippen LogP contribution in [0.3, 0.4) is 0 Å². The molecule has 0 aromatic heterocycles. The van der Waals surface area contributed by atoms with E-state index in [1.807, 2.05) is 6.92 Å². The van der Waals surface area contributed by atoms with E-state index in [9.17, 15) is 4.79 Å². The maximum atomic E-state index is 11.8. The summed E-state index contributed by atoms with van der Waals surface area (Å²) in [6.07, 6.45) is 7.15. The number of aliphatic hydroxyl groups is 1. The Hall–Kier alpha value is -0.810. The molecule has 3 N–H and O–H groups in total. The van der Waals surface area contributed by atoms with Gasteiger partial charge in [0.25, 0.3) is 0 Å². The van der Waals surface area contributed by atoms with Gasteiger partial charge in [0.1, 0.15) is 0 Å². The Morgan fingerprint density at radius 3 is 2.74 bits per heavy atom. The summed E-state index contributed by atoms with van der Waals surface area (Å²) in [6, 6.07) is 0.735. The standard InChI is InChI=1S/C14H27N3O2/c1-2-11(10-18)15-14(19)16-12-7-8-17(9-12)13-5-3-4-6-13/h11-13,18H,2-10H2,1H3,(H2,15,16,19). The topological polar surface area (TPSA) is 64.6 Å². The first kappa shape index (κ1) is 14.6. The largest absolute Gasteiger partial charge is 0.394 e. The molecule has 0 aromatic rings. The van der Waals surface area contributed by atoms with Gasteiger partial charge in [0.2, 0.25) is 0 Å². The molecule has 19 heavy (non-hydrogen) atoms. The molecule has 110 valence electrons. The van der Waals surface area contributed by atoms with E-state index in [0.29, 0.717) is 0 Å². The van der Waals surface area contributed by atoms with Crippen molar-refractivity contribution in [3.8, 4) is 0 Å². The van der Waals surface area contributed by atoms with Crippen LogP contribution in [-0.4, -0.2) is 53.9 Å². The van der Waals surface area contributed by atoms with Gasteiger partial charge in [0.05, 0.1) is 12.6 Å². The predicted molar refractivity (Wildman–Crippen MR) is 75.1 cm³/mol. The Bertz CT molecular complexity index is 288. The highest BCUT2D eigenvalue weighted by Crippen LogP contribution is 2.26. The van der Waals surface area contributed by atoms with Crippen LogP contribution in [0.25, 0.3) is 0 Å². The summed E-state index contributed by atoms with van der Waals surface area (Å²) in [6.45, 7) is 4.04. The molecule has 1 saturated carbocycles. The highest BCUT2D eigenvalue weighted by atomic mass is 16.3. The van der Waals surface area contributed by atoms with Gasteiger partial charge in [-0.25, -0.2) is 4.79 Å². The van der Waals surface area contributed by atoms with Crippen LogP contribution in [0.5, 0.6) is 0 Å². The number of rotatable bonds is 5. The normalized spacial score (nSPS) is 26.5. The highest BCUT2D eigenvalue weighted by Gasteiger charge is 2.30. The molecule has 2 fully saturated rings. The van der Waals surface area contributed by atoms with Crippen molar-refractivity contribution in [1.82, 2.24) is 15.5 Å². The first-order chi connectivity index (χ1) is 9.22. The van der Waals surface area contributed by atoms with Crippen LogP contribution in [0.1, 0.15) is 45.4 Å². The average molecular weight is 269 g/mol. The molecule has 2 atom stereocenters. The number of amides is 2. The summed E-state index contributed by atoms with van der Waals surface area (Å²) >= 11 is 0. The van der Waals surface area contributed by atoms with Crippen LogP contribution in [0.4, 0.5) is 4.79 Å². The number of nitrogens with zero attached hydrogens (tertiary/aromatic N) is 1. The Morgan fingerprint density at radius 1 is 1.37 bits per heavy atom. The Balaban J connectivity index is 1.70. The van der Waals surface area contributed by atoms with Gasteiger partial charge in [-0.05, 0) is 25.7 Å². The monoisotopic (exact) mass is 269 g/mol. The van der Waals surface area contributed by atoms with Crippen molar-refractivity contribution in [2.75, 3.05) is 19.7 Å². The number of hydrogen-bond acceptors (Lipinski definition) is 3. The van der Waals surface area contributed by atoms with E-state index in [1.165, 1.54) is 25.7 Å². The number of hydrogen-bond donors (Lipinski definition) is 3. The van der Waals surface area contributed by atoms with E-state index < -0.39 is 0 Å². The fraction of sp³-hybridized carbons (Fsp3) is 0.929. The zero-order chi connectivity index (χ0) is 13.7. The number of likely N-dealkylation sites (tertiary alicyclic amines) is 1. The van der Waals surface area contributed by atoms with Gasteiger partial charge >= 0.3 is 6.03 Å². The van der Waals surface area contributed by atoms with Gasteiger partial charge in [-0.2, -0.15) is 0 Å². The van der Waals surface area contributed by atoms with Crippen molar-refractivity contribution in [3.05, 3.63) is 0 Å². The minimum absolute atomic E-state index is 0.00276. The number of carbonyl (C=O) groups excluding carboxylic acids is 1. The lowest BCUT2D eigenvalue weighted by molar-refractivity contribution is 0.209. The number of carbonyl (C=O) groups is 1. The quantitative estimate of drug-likeness (QED) is 0.699. The second-order valence-corrected chi connectivity index (χ2v) is 5.82. The van der Waals surface area contributed by atoms with E-state index in [2.05, 4.69) is 15.5 Å². The lowest BCUT2D eigenvalue weighted by Crippen LogP contribution is -2.48. The molecule has 1 aliphatic heterocycles. The molecule has 2 unspecified atom stereocenters. The van der Waals surface area contributed by atoms with E-state index in [1.54, 1.807) is 0 Å². The van der Waals surface area contributed by atoms with E-state index in [4.69, 9.17) is 5.11 Å². The van der Waals surface area contributed by atoms with Gasteiger partial charge < -0.3 is 15.7 Å². The second kappa shape index (κ2) is 7.10. The van der Waals surface area contributed by atoms with Crippen LogP contribution in [0.15, 0.2) is 0 Å². The van der Waals surface area contributed by atoms with Crippen LogP contribution < -0.4 is 10.6 Å². The second-order valence-electron chi connectivity index (χ2n) is 5.82. The molecule has 0 radical (unpaired) electrons. The number of aliphatic hydroxyl groups excluding tert-OH is 1. The third-order valence-corrected chi connectivity index (χ3v) is 4.44. The Morgan fingerprint density at radius 2 is 2.11 bits per heavy atom. The molecule has 1 saturated heterocycles. The summed E-state index contributed by atoms with van der Waals surface area (Å²) in [7, 11) is 0. The van der Waals surface area contributed by atoms with Gasteiger partial charge in [-0.3, -0.25) is 4.90 Å². The molecule has 0 spiro atoms. The van der Waals surface area contributed by atoms with Gasteiger partial charge in [-0.1, -0.05) is 19.8 Å². The SMILES string of the molecule is CCC(CO)NC(=O)NC1CCN(C2CCCC2)C1. The van der Waals surface area contributed by atoms with Crippen LogP contribution in [0.2, 0.25) is 0 Å². The molecule has 1 heterocycles. The van der Waals surface area contributed by atoms with Gasteiger partial charge in [0, 0.05) is 25.2 Å². The van der Waals surface area contributed by atoms with Gasteiger partial charge in [-0.15, -0.1) is 0 Å². The van der Waals surface area contributed by atoms with Crippen molar-refractivity contribution in [3.63, 3.8) is 0 Å². The Kier molecular flexibility index (Phi) is 5.45. The van der Waals surface area contributed by atoms with Crippen LogP contribution >= 0.6 is 0 Å². The number of urea groups is 1. The maximum absolute atomic E-state index is 11.8. The number of nitrogens with one attached hydrogen (secondary N) is 2. The van der Waals surface area contributed by atoms with Crippen LogP contribution in [-0.2, 0) is 0 Å². The predicted octanol–water partition coefficient (Wildman–Crippen LogP) is 1.07. The first-order valence-corrected chi connectivity index (χ1v) is 7.64. The third kappa shape index (κ3) is 4.08. The third-order valence-electron chi connectivity index (χ3n) is 4.44. The summed E-state index contributed by atoms with van der Waals surface area (Å²) in [5.41, 5.74) is 0. The summed E-state index contributed by atoms with van der Waals surface area (Å²) < 4.78 is 0. The first-order valence-electron chi connectivity index (χ1n) is 7.64. The maximum Gasteiger partial charge on any atom is 0.315 e. The summed E-state index contributed by atoms with van der Waals surface area (Å²) in [5.74, 6) is 0. The molecule has 5 nitrogen and oxygen atoms in total. The molecule has 5 heteroatoms. The zero-order valence-corrected chi connectivity index (χ0v) is 11.9. The molecular formula is C14H27N3O2. The molecular weight excluding hydrogens is 242 g/mol. The lowest BCUT2D eigenvalue weighted by atomic mass is 10.2. The average Bonchev–Trinajstić information content (AvgIpc) is 3.06. The van der Waals surface area contributed by atoms with Crippen molar-refractivity contribution in [1.29, 1.82) is 0 Å². The minimum atomic E-state index is -0.140. The molecule has 2 amide bonds. The molecule has 1 aliphatic carbocycles. The minimum Gasteiger partial charge on any atom is -0.394 e. The van der Waals surface area contributed by atoms with Crippen molar-refractivity contribution >= 4 is 6.03 Å². The molecule has 0 bridgehead atoms. The zero-order valence-electron chi connectivity index (χ0n) is 11.9. The van der Waals surface area contributed by atoms with Crippen LogP contribution in [0, 0.1) is 0 Å². The molecule has 2 rings (SSSR count). The fourth-order valence-corrected chi connectivity index (χ4v) is 3.20. The smallest absolute Gasteiger partial charge is 0.315 e. The van der Waals surface area contributed by atoms with E-state index in [0.717, 1.165) is 32.0 Å². The summed E-state index contributed by atoms with van der Waals surface area (Å²) in [5, 5.41) is 14.9. The van der Waals surface area contributed by atoms with E-state index >= 15 is 0 Å².